The molecule has 1 fully saturated rings. The predicted octanol–water partition coefficient (Wildman–Crippen LogP) is 3.72. The Morgan fingerprint density at radius 3 is 2.93 bits per heavy atom. The standard InChI is InChI=1S/C19H15ClN6OS/c20-13-2-1-3-14(10-13)25-8-6-15(19(25)27)21-16-4-5-17-22-23-18(26(17)24-16)12-7-9-28-11-12/h1-5,7,9-11,15H,6,8H2,(H,21,24). The van der Waals surface area contributed by atoms with Crippen molar-refractivity contribution in [2.45, 2.75) is 12.5 Å². The molecule has 3 aromatic heterocycles. The molecule has 1 N–H and O–H groups in total. The molecule has 0 bridgehead atoms. The number of anilines is 2. The summed E-state index contributed by atoms with van der Waals surface area (Å²) in [5.74, 6) is 1.29. The summed E-state index contributed by atoms with van der Waals surface area (Å²) in [6.45, 7) is 0.631. The number of halogens is 1. The van der Waals surface area contributed by atoms with Crippen LogP contribution in [-0.4, -0.2) is 38.3 Å². The van der Waals surface area contributed by atoms with Crippen molar-refractivity contribution in [3.8, 4) is 11.4 Å². The average molecular weight is 411 g/mol. The van der Waals surface area contributed by atoms with Crippen LogP contribution in [0, 0.1) is 0 Å². The molecule has 0 spiro atoms. The molecule has 1 amide bonds. The number of carbonyl (C=O) groups is 1. The van der Waals surface area contributed by atoms with Gasteiger partial charge >= 0.3 is 0 Å². The van der Waals surface area contributed by atoms with Crippen LogP contribution < -0.4 is 10.2 Å². The zero-order valence-electron chi connectivity index (χ0n) is 14.6. The number of benzene rings is 1. The predicted molar refractivity (Wildman–Crippen MR) is 110 cm³/mol. The van der Waals surface area contributed by atoms with Crippen LogP contribution in [0.2, 0.25) is 5.02 Å². The van der Waals surface area contributed by atoms with E-state index >= 15 is 0 Å². The van der Waals surface area contributed by atoms with E-state index < -0.39 is 0 Å². The van der Waals surface area contributed by atoms with Crippen molar-refractivity contribution >= 4 is 46.0 Å². The van der Waals surface area contributed by atoms with Crippen molar-refractivity contribution in [3.63, 3.8) is 0 Å². The number of nitrogens with one attached hydrogen (secondary N) is 1. The highest BCUT2D eigenvalue weighted by Crippen LogP contribution is 2.26. The molecule has 1 atom stereocenters. The molecule has 4 aromatic rings. The van der Waals surface area contributed by atoms with Gasteiger partial charge in [0.05, 0.1) is 0 Å². The summed E-state index contributed by atoms with van der Waals surface area (Å²) in [4.78, 5) is 14.6. The van der Waals surface area contributed by atoms with E-state index in [4.69, 9.17) is 11.6 Å². The van der Waals surface area contributed by atoms with E-state index in [9.17, 15) is 4.79 Å². The Bertz CT molecular complexity index is 1160. The normalized spacial score (nSPS) is 16.8. The topological polar surface area (TPSA) is 75.4 Å². The van der Waals surface area contributed by atoms with Gasteiger partial charge in [0, 0.05) is 28.2 Å². The zero-order valence-corrected chi connectivity index (χ0v) is 16.2. The van der Waals surface area contributed by atoms with Crippen LogP contribution in [0.4, 0.5) is 11.5 Å². The van der Waals surface area contributed by atoms with Gasteiger partial charge in [-0.1, -0.05) is 17.7 Å². The lowest BCUT2D eigenvalue weighted by Crippen LogP contribution is -2.33. The second-order valence-corrected chi connectivity index (χ2v) is 7.70. The number of fused-ring (bicyclic) bond motifs is 1. The Kier molecular flexibility index (Phi) is 4.22. The van der Waals surface area contributed by atoms with E-state index in [1.807, 2.05) is 41.1 Å². The van der Waals surface area contributed by atoms with E-state index in [0.717, 1.165) is 11.3 Å². The van der Waals surface area contributed by atoms with Crippen LogP contribution in [0.1, 0.15) is 6.42 Å². The molecule has 5 rings (SSSR count). The number of aromatic nitrogens is 4. The first kappa shape index (κ1) is 17.2. The highest BCUT2D eigenvalue weighted by Gasteiger charge is 2.33. The minimum atomic E-state index is -0.343. The highest BCUT2D eigenvalue weighted by atomic mass is 35.5. The number of rotatable bonds is 4. The molecule has 1 saturated heterocycles. The third-order valence-electron chi connectivity index (χ3n) is 4.69. The van der Waals surface area contributed by atoms with Crippen molar-refractivity contribution in [2.75, 3.05) is 16.8 Å². The van der Waals surface area contributed by atoms with E-state index in [2.05, 4.69) is 20.6 Å². The van der Waals surface area contributed by atoms with Crippen LogP contribution >= 0.6 is 22.9 Å². The number of thiophene rings is 1. The van der Waals surface area contributed by atoms with Crippen molar-refractivity contribution in [2.24, 2.45) is 0 Å². The molecule has 0 aliphatic carbocycles. The Hall–Kier alpha value is -2.97. The fraction of sp³-hybridized carbons (Fsp3) is 0.158. The first-order valence-electron chi connectivity index (χ1n) is 8.77. The molecular weight excluding hydrogens is 396 g/mol. The second-order valence-electron chi connectivity index (χ2n) is 6.48. The van der Waals surface area contributed by atoms with Gasteiger partial charge in [-0.05, 0) is 48.2 Å². The Labute approximate surface area is 169 Å². The molecular formula is C19H15ClN6OS. The van der Waals surface area contributed by atoms with Gasteiger partial charge in [-0.25, -0.2) is 0 Å². The second kappa shape index (κ2) is 6.88. The van der Waals surface area contributed by atoms with Gasteiger partial charge in [0.1, 0.15) is 11.9 Å². The number of hydrogen-bond donors (Lipinski definition) is 1. The van der Waals surface area contributed by atoms with E-state index in [1.54, 1.807) is 32.9 Å². The third-order valence-corrected chi connectivity index (χ3v) is 5.61. The Morgan fingerprint density at radius 1 is 1.18 bits per heavy atom. The maximum Gasteiger partial charge on any atom is 0.249 e. The summed E-state index contributed by atoms with van der Waals surface area (Å²) in [7, 11) is 0. The molecule has 0 saturated carbocycles. The Balaban J connectivity index is 1.40. The van der Waals surface area contributed by atoms with Gasteiger partial charge in [0.15, 0.2) is 11.5 Å². The van der Waals surface area contributed by atoms with Crippen molar-refractivity contribution in [1.29, 1.82) is 0 Å². The van der Waals surface area contributed by atoms with Crippen LogP contribution in [0.25, 0.3) is 17.0 Å². The molecule has 7 nitrogen and oxygen atoms in total. The molecule has 0 radical (unpaired) electrons. The molecule has 1 unspecified atom stereocenters. The van der Waals surface area contributed by atoms with E-state index in [0.29, 0.717) is 35.3 Å². The summed E-state index contributed by atoms with van der Waals surface area (Å²) in [6, 6.07) is 12.6. The van der Waals surface area contributed by atoms with Crippen molar-refractivity contribution < 1.29 is 4.79 Å². The summed E-state index contributed by atoms with van der Waals surface area (Å²) in [6.07, 6.45) is 0.685. The van der Waals surface area contributed by atoms with Gasteiger partial charge in [0.25, 0.3) is 0 Å². The largest absolute Gasteiger partial charge is 0.357 e. The average Bonchev–Trinajstić information content (AvgIpc) is 3.42. The molecule has 4 heterocycles. The van der Waals surface area contributed by atoms with E-state index in [1.165, 1.54) is 0 Å². The summed E-state index contributed by atoms with van der Waals surface area (Å²) >= 11 is 7.65. The fourth-order valence-electron chi connectivity index (χ4n) is 3.33. The smallest absolute Gasteiger partial charge is 0.249 e. The van der Waals surface area contributed by atoms with Gasteiger partial charge < -0.3 is 10.2 Å². The lowest BCUT2D eigenvalue weighted by molar-refractivity contribution is -0.117. The van der Waals surface area contributed by atoms with Crippen LogP contribution in [-0.2, 0) is 4.79 Å². The van der Waals surface area contributed by atoms with Crippen molar-refractivity contribution in [1.82, 2.24) is 19.8 Å². The van der Waals surface area contributed by atoms with Gasteiger partial charge in [-0.2, -0.15) is 15.9 Å². The number of nitrogens with zero attached hydrogens (tertiary/aromatic N) is 5. The SMILES string of the molecule is O=C1C(Nc2ccc3nnc(-c4ccsc4)n3n2)CCN1c1cccc(Cl)c1. The molecule has 1 aromatic carbocycles. The number of carbonyl (C=O) groups excluding carboxylic acids is 1. The zero-order chi connectivity index (χ0) is 19.1. The lowest BCUT2D eigenvalue weighted by Gasteiger charge is -2.17. The van der Waals surface area contributed by atoms with Gasteiger partial charge in [-0.15, -0.1) is 15.3 Å². The first-order chi connectivity index (χ1) is 13.7. The summed E-state index contributed by atoms with van der Waals surface area (Å²) in [5.41, 5.74) is 2.43. The number of amides is 1. The minimum absolute atomic E-state index is 0.00553. The maximum atomic E-state index is 12.9. The Morgan fingerprint density at radius 2 is 2.11 bits per heavy atom. The van der Waals surface area contributed by atoms with Crippen LogP contribution in [0.3, 0.4) is 0 Å². The number of hydrogen-bond acceptors (Lipinski definition) is 6. The first-order valence-corrected chi connectivity index (χ1v) is 10.1. The fourth-order valence-corrected chi connectivity index (χ4v) is 4.15. The molecule has 9 heteroatoms. The third kappa shape index (κ3) is 3.00. The maximum absolute atomic E-state index is 12.9. The van der Waals surface area contributed by atoms with Crippen LogP contribution in [0.15, 0.2) is 53.2 Å². The summed E-state index contributed by atoms with van der Waals surface area (Å²) < 4.78 is 1.69. The highest BCUT2D eigenvalue weighted by molar-refractivity contribution is 7.08. The van der Waals surface area contributed by atoms with E-state index in [-0.39, 0.29) is 11.9 Å². The lowest BCUT2D eigenvalue weighted by atomic mass is 10.2. The van der Waals surface area contributed by atoms with Gasteiger partial charge in [0.2, 0.25) is 5.91 Å². The van der Waals surface area contributed by atoms with Gasteiger partial charge in [-0.3, -0.25) is 4.79 Å². The van der Waals surface area contributed by atoms with Crippen LogP contribution in [0.5, 0.6) is 0 Å². The monoisotopic (exact) mass is 410 g/mol. The minimum Gasteiger partial charge on any atom is -0.357 e. The molecule has 28 heavy (non-hydrogen) atoms. The van der Waals surface area contributed by atoms with Crippen molar-refractivity contribution in [3.05, 3.63) is 58.2 Å². The quantitative estimate of drug-likeness (QED) is 0.555. The molecule has 1 aliphatic rings. The molecule has 140 valence electrons. The summed E-state index contributed by atoms with van der Waals surface area (Å²) in [5, 5.41) is 20.8. The molecule has 1 aliphatic heterocycles.